The minimum atomic E-state index is -0.530. The smallest absolute Gasteiger partial charge is 0.303 e. The quantitative estimate of drug-likeness (QED) is 0.831. The van der Waals surface area contributed by atoms with Gasteiger partial charge in [-0.25, -0.2) is 4.98 Å². The van der Waals surface area contributed by atoms with E-state index >= 15 is 0 Å². The molecule has 1 aliphatic rings. The molecule has 0 unspecified atom stereocenters. The molecule has 1 aliphatic heterocycles. The molecule has 0 amide bonds. The molecule has 9 nitrogen and oxygen atoms in total. The molecule has 0 aliphatic carbocycles. The standard InChI is InChI=1S/C15H21N5O4/c1-5-9-7(2)11(23-8(3)21)14(24-9)20-6-17-10-12(20)18-15(16)19-13(10)22-4/h6-7,9,11,14H,5H2,1-4H3,(H2,16,18,19)/t7-,9-,11-,14-/m1/s1. The number of fused-ring (bicyclic) bond motifs is 1. The molecule has 1 fully saturated rings. The lowest BCUT2D eigenvalue weighted by Crippen LogP contribution is -2.29. The highest BCUT2D eigenvalue weighted by molar-refractivity contribution is 5.77. The molecular formula is C15H21N5O4. The van der Waals surface area contributed by atoms with Crippen LogP contribution in [0.25, 0.3) is 11.2 Å². The van der Waals surface area contributed by atoms with Crippen LogP contribution in [-0.2, 0) is 14.3 Å². The summed E-state index contributed by atoms with van der Waals surface area (Å²) in [5.74, 6) is 0.0531. The third kappa shape index (κ3) is 2.64. The lowest BCUT2D eigenvalue weighted by atomic mass is 9.98. The van der Waals surface area contributed by atoms with Gasteiger partial charge in [0.05, 0.1) is 19.5 Å². The predicted octanol–water partition coefficient (Wildman–Crippen LogP) is 1.29. The number of nitrogens with two attached hydrogens (primary N) is 1. The van der Waals surface area contributed by atoms with E-state index in [9.17, 15) is 4.79 Å². The van der Waals surface area contributed by atoms with Gasteiger partial charge in [-0.05, 0) is 6.42 Å². The summed E-state index contributed by atoms with van der Waals surface area (Å²) in [7, 11) is 1.49. The van der Waals surface area contributed by atoms with Crippen molar-refractivity contribution in [2.45, 2.75) is 45.6 Å². The monoisotopic (exact) mass is 335 g/mol. The van der Waals surface area contributed by atoms with Gasteiger partial charge >= 0.3 is 5.97 Å². The summed E-state index contributed by atoms with van der Waals surface area (Å²) >= 11 is 0. The van der Waals surface area contributed by atoms with Crippen molar-refractivity contribution in [1.82, 2.24) is 19.5 Å². The highest BCUT2D eigenvalue weighted by Crippen LogP contribution is 2.39. The van der Waals surface area contributed by atoms with Crippen LogP contribution in [0, 0.1) is 5.92 Å². The molecule has 24 heavy (non-hydrogen) atoms. The molecule has 0 spiro atoms. The summed E-state index contributed by atoms with van der Waals surface area (Å²) in [6, 6.07) is 0. The first-order valence-corrected chi connectivity index (χ1v) is 7.83. The summed E-state index contributed by atoms with van der Waals surface area (Å²) < 4.78 is 18.5. The Balaban J connectivity index is 2.07. The van der Waals surface area contributed by atoms with Crippen molar-refractivity contribution in [2.24, 2.45) is 5.92 Å². The van der Waals surface area contributed by atoms with Crippen LogP contribution in [0.2, 0.25) is 0 Å². The minimum Gasteiger partial charge on any atom is -0.479 e. The number of nitrogen functional groups attached to an aromatic ring is 1. The van der Waals surface area contributed by atoms with Crippen LogP contribution in [0.15, 0.2) is 6.33 Å². The summed E-state index contributed by atoms with van der Waals surface area (Å²) in [5, 5.41) is 0. The van der Waals surface area contributed by atoms with Gasteiger partial charge in [-0.1, -0.05) is 13.8 Å². The van der Waals surface area contributed by atoms with E-state index in [-0.39, 0.29) is 23.9 Å². The second-order valence-corrected chi connectivity index (χ2v) is 5.82. The summed E-state index contributed by atoms with van der Waals surface area (Å²) in [5.41, 5.74) is 6.71. The third-order valence-electron chi connectivity index (χ3n) is 4.28. The van der Waals surface area contributed by atoms with Gasteiger partial charge in [-0.3, -0.25) is 9.36 Å². The molecule has 0 saturated carbocycles. The number of nitrogens with zero attached hydrogens (tertiary/aromatic N) is 4. The van der Waals surface area contributed by atoms with Crippen LogP contribution >= 0.6 is 0 Å². The Labute approximate surface area is 139 Å². The Morgan fingerprint density at radius 3 is 2.83 bits per heavy atom. The van der Waals surface area contributed by atoms with Gasteiger partial charge in [0, 0.05) is 12.8 Å². The highest BCUT2D eigenvalue weighted by atomic mass is 16.6. The van der Waals surface area contributed by atoms with E-state index in [0.29, 0.717) is 17.0 Å². The summed E-state index contributed by atoms with van der Waals surface area (Å²) in [6.07, 6.45) is 1.39. The second kappa shape index (κ2) is 6.23. The molecular weight excluding hydrogens is 314 g/mol. The summed E-state index contributed by atoms with van der Waals surface area (Å²) in [4.78, 5) is 24.1. The highest BCUT2D eigenvalue weighted by Gasteiger charge is 2.45. The third-order valence-corrected chi connectivity index (χ3v) is 4.28. The van der Waals surface area contributed by atoms with Crippen LogP contribution in [-0.4, -0.2) is 44.8 Å². The van der Waals surface area contributed by atoms with E-state index in [1.807, 2.05) is 13.8 Å². The van der Waals surface area contributed by atoms with E-state index in [1.54, 1.807) is 10.9 Å². The molecule has 2 N–H and O–H groups in total. The number of anilines is 1. The van der Waals surface area contributed by atoms with Crippen LogP contribution in [0.3, 0.4) is 0 Å². The van der Waals surface area contributed by atoms with Gasteiger partial charge in [-0.2, -0.15) is 9.97 Å². The number of hydrogen-bond acceptors (Lipinski definition) is 8. The Hall–Kier alpha value is -2.42. The maximum absolute atomic E-state index is 11.5. The zero-order valence-electron chi connectivity index (χ0n) is 14.1. The van der Waals surface area contributed by atoms with Crippen LogP contribution in [0.5, 0.6) is 5.88 Å². The second-order valence-electron chi connectivity index (χ2n) is 5.82. The van der Waals surface area contributed by atoms with Crippen molar-refractivity contribution in [3.8, 4) is 5.88 Å². The fourth-order valence-corrected chi connectivity index (χ4v) is 3.14. The molecule has 0 bridgehead atoms. The fourth-order valence-electron chi connectivity index (χ4n) is 3.14. The topological polar surface area (TPSA) is 114 Å². The van der Waals surface area contributed by atoms with Crippen molar-refractivity contribution in [3.63, 3.8) is 0 Å². The Kier molecular flexibility index (Phi) is 4.27. The van der Waals surface area contributed by atoms with Crippen molar-refractivity contribution >= 4 is 23.1 Å². The number of ether oxygens (including phenoxy) is 3. The molecule has 0 radical (unpaired) electrons. The molecule has 2 aromatic heterocycles. The van der Waals surface area contributed by atoms with Crippen molar-refractivity contribution in [2.75, 3.05) is 12.8 Å². The van der Waals surface area contributed by atoms with Crippen molar-refractivity contribution < 1.29 is 19.0 Å². The first kappa shape index (κ1) is 16.4. The van der Waals surface area contributed by atoms with Gasteiger partial charge in [0.2, 0.25) is 11.8 Å². The van der Waals surface area contributed by atoms with Gasteiger partial charge in [0.15, 0.2) is 23.5 Å². The van der Waals surface area contributed by atoms with Gasteiger partial charge < -0.3 is 19.9 Å². The summed E-state index contributed by atoms with van der Waals surface area (Å²) in [6.45, 7) is 5.42. The van der Waals surface area contributed by atoms with Gasteiger partial charge in [0.25, 0.3) is 0 Å². The zero-order valence-corrected chi connectivity index (χ0v) is 14.1. The number of imidazole rings is 1. The lowest BCUT2D eigenvalue weighted by Gasteiger charge is -2.21. The van der Waals surface area contributed by atoms with E-state index in [0.717, 1.165) is 6.42 Å². The molecule has 130 valence electrons. The van der Waals surface area contributed by atoms with E-state index in [4.69, 9.17) is 19.9 Å². The van der Waals surface area contributed by atoms with Crippen LogP contribution in [0.1, 0.15) is 33.4 Å². The van der Waals surface area contributed by atoms with Gasteiger partial charge in [0.1, 0.15) is 0 Å². The Bertz CT molecular complexity index is 762. The first-order chi connectivity index (χ1) is 11.5. The van der Waals surface area contributed by atoms with E-state index in [1.165, 1.54) is 14.0 Å². The maximum atomic E-state index is 11.5. The molecule has 2 aromatic rings. The number of carbonyl (C=O) groups excluding carboxylic acids is 1. The molecule has 3 rings (SSSR count). The first-order valence-electron chi connectivity index (χ1n) is 7.83. The van der Waals surface area contributed by atoms with E-state index < -0.39 is 12.3 Å². The van der Waals surface area contributed by atoms with Crippen molar-refractivity contribution in [1.29, 1.82) is 0 Å². The van der Waals surface area contributed by atoms with Crippen LogP contribution in [0.4, 0.5) is 5.95 Å². The largest absolute Gasteiger partial charge is 0.479 e. The minimum absolute atomic E-state index is 0.0297. The molecule has 1 saturated heterocycles. The molecule has 4 atom stereocenters. The van der Waals surface area contributed by atoms with Crippen LogP contribution < -0.4 is 10.5 Å². The van der Waals surface area contributed by atoms with E-state index in [2.05, 4.69) is 15.0 Å². The average molecular weight is 335 g/mol. The predicted molar refractivity (Wildman–Crippen MR) is 85.2 cm³/mol. The SMILES string of the molecule is CC[C@H]1O[C@@H](n2cnc3c(OC)nc(N)nc32)[C@H](OC(C)=O)[C@@H]1C. The number of esters is 1. The normalized spacial score (nSPS) is 26.7. The number of methoxy groups -OCH3 is 1. The maximum Gasteiger partial charge on any atom is 0.303 e. The van der Waals surface area contributed by atoms with Gasteiger partial charge in [-0.15, -0.1) is 0 Å². The molecule has 9 heteroatoms. The number of aromatic nitrogens is 4. The average Bonchev–Trinajstić information content (AvgIpc) is 3.08. The molecule has 0 aromatic carbocycles. The lowest BCUT2D eigenvalue weighted by molar-refractivity contribution is -0.153. The Morgan fingerprint density at radius 2 is 2.21 bits per heavy atom. The molecule has 3 heterocycles. The number of rotatable bonds is 4. The fraction of sp³-hybridized carbons (Fsp3) is 0.600. The number of hydrogen-bond donors (Lipinski definition) is 1. The zero-order chi connectivity index (χ0) is 17.4. The Morgan fingerprint density at radius 1 is 1.46 bits per heavy atom. The number of carbonyl (C=O) groups is 1. The van der Waals surface area contributed by atoms with Crippen molar-refractivity contribution in [3.05, 3.63) is 6.33 Å².